The normalized spacial score (nSPS) is 14.9. The molecule has 0 aromatic heterocycles. The van der Waals surface area contributed by atoms with Crippen LogP contribution in [0.2, 0.25) is 0 Å². The van der Waals surface area contributed by atoms with Crippen LogP contribution in [0.1, 0.15) is 25.0 Å². The van der Waals surface area contributed by atoms with E-state index in [9.17, 15) is 5.11 Å². The van der Waals surface area contributed by atoms with Crippen molar-refractivity contribution in [2.24, 2.45) is 5.92 Å². The maximum atomic E-state index is 9.91. The van der Waals surface area contributed by atoms with Gasteiger partial charge in [-0.25, -0.2) is 0 Å². The van der Waals surface area contributed by atoms with Crippen LogP contribution in [0, 0.1) is 5.92 Å². The topological polar surface area (TPSA) is 20.2 Å². The van der Waals surface area contributed by atoms with Gasteiger partial charge >= 0.3 is 0 Å². The fourth-order valence-electron chi connectivity index (χ4n) is 1.42. The Morgan fingerprint density at radius 3 is 2.46 bits per heavy atom. The van der Waals surface area contributed by atoms with Gasteiger partial charge in [-0.15, -0.1) is 6.58 Å². The summed E-state index contributed by atoms with van der Waals surface area (Å²) in [5.41, 5.74) is 0.967. The molecule has 1 aromatic rings. The zero-order chi connectivity index (χ0) is 9.68. The van der Waals surface area contributed by atoms with E-state index in [4.69, 9.17) is 0 Å². The Hall–Kier alpha value is -1.08. The highest BCUT2D eigenvalue weighted by Gasteiger charge is 2.14. The highest BCUT2D eigenvalue weighted by molar-refractivity contribution is 5.18. The molecule has 0 spiro atoms. The van der Waals surface area contributed by atoms with Crippen molar-refractivity contribution in [3.05, 3.63) is 48.6 Å². The van der Waals surface area contributed by atoms with Crippen molar-refractivity contribution in [3.63, 3.8) is 0 Å². The minimum atomic E-state index is -0.413. The second-order valence-corrected chi connectivity index (χ2v) is 3.16. The minimum absolute atomic E-state index is 0.155. The number of hydrogen-bond acceptors (Lipinski definition) is 1. The maximum Gasteiger partial charge on any atom is 0.0852 e. The molecule has 1 N–H and O–H groups in total. The lowest BCUT2D eigenvalue weighted by molar-refractivity contribution is 0.129. The largest absolute Gasteiger partial charge is 0.388 e. The first-order valence-corrected chi connectivity index (χ1v) is 4.65. The fourth-order valence-corrected chi connectivity index (χ4v) is 1.42. The first-order valence-electron chi connectivity index (χ1n) is 4.65. The van der Waals surface area contributed by atoms with E-state index in [0.717, 1.165) is 12.0 Å². The summed E-state index contributed by atoms with van der Waals surface area (Å²) in [4.78, 5) is 0. The summed E-state index contributed by atoms with van der Waals surface area (Å²) in [6, 6.07) is 9.71. The zero-order valence-corrected chi connectivity index (χ0v) is 7.98. The monoisotopic (exact) mass is 176 g/mol. The Bertz CT molecular complexity index is 253. The van der Waals surface area contributed by atoms with Crippen LogP contribution in [0.5, 0.6) is 0 Å². The molecule has 0 aliphatic carbocycles. The second kappa shape index (κ2) is 4.83. The predicted octanol–water partition coefficient (Wildman–Crippen LogP) is 2.93. The van der Waals surface area contributed by atoms with Gasteiger partial charge in [-0.1, -0.05) is 43.3 Å². The Kier molecular flexibility index (Phi) is 3.71. The Balaban J connectivity index is 2.77. The third-order valence-electron chi connectivity index (χ3n) is 2.32. The molecule has 1 nitrogen and oxygen atoms in total. The zero-order valence-electron chi connectivity index (χ0n) is 7.98. The standard InChI is InChI=1S/C12H16O/c1-3-10(4-2)12(13)11-8-6-5-7-9-11/h3,5-10,12-13H,1,4H2,2H3/t10?,12-/m1/s1. The van der Waals surface area contributed by atoms with Crippen LogP contribution >= 0.6 is 0 Å². The van der Waals surface area contributed by atoms with Gasteiger partial charge in [0, 0.05) is 5.92 Å². The van der Waals surface area contributed by atoms with Crippen molar-refractivity contribution in [2.45, 2.75) is 19.4 Å². The van der Waals surface area contributed by atoms with Gasteiger partial charge in [0.25, 0.3) is 0 Å². The molecule has 0 heterocycles. The molecule has 1 unspecified atom stereocenters. The molecule has 2 atom stereocenters. The molecule has 0 bridgehead atoms. The third kappa shape index (κ3) is 2.43. The van der Waals surface area contributed by atoms with Gasteiger partial charge in [0.1, 0.15) is 0 Å². The number of benzene rings is 1. The van der Waals surface area contributed by atoms with Crippen molar-refractivity contribution in [3.8, 4) is 0 Å². The molecule has 70 valence electrons. The molecular weight excluding hydrogens is 160 g/mol. The number of rotatable bonds is 4. The molecule has 0 aliphatic rings. The predicted molar refractivity (Wildman–Crippen MR) is 55.4 cm³/mol. The summed E-state index contributed by atoms with van der Waals surface area (Å²) in [5.74, 6) is 0.155. The third-order valence-corrected chi connectivity index (χ3v) is 2.32. The maximum absolute atomic E-state index is 9.91. The SMILES string of the molecule is C=CC(CC)[C@@H](O)c1ccccc1. The van der Waals surface area contributed by atoms with Crippen molar-refractivity contribution in [1.82, 2.24) is 0 Å². The van der Waals surface area contributed by atoms with Gasteiger partial charge < -0.3 is 5.11 Å². The molecule has 0 amide bonds. The molecule has 1 rings (SSSR count). The van der Waals surface area contributed by atoms with E-state index >= 15 is 0 Å². The second-order valence-electron chi connectivity index (χ2n) is 3.16. The van der Waals surface area contributed by atoms with Gasteiger partial charge in [0.2, 0.25) is 0 Å². The van der Waals surface area contributed by atoms with Crippen molar-refractivity contribution in [2.75, 3.05) is 0 Å². The van der Waals surface area contributed by atoms with Gasteiger partial charge in [0.15, 0.2) is 0 Å². The van der Waals surface area contributed by atoms with E-state index < -0.39 is 6.10 Å². The lowest BCUT2D eigenvalue weighted by atomic mass is 9.94. The molecule has 0 saturated heterocycles. The van der Waals surface area contributed by atoms with E-state index in [-0.39, 0.29) is 5.92 Å². The molecule has 0 aliphatic heterocycles. The summed E-state index contributed by atoms with van der Waals surface area (Å²) in [5, 5.41) is 9.91. The summed E-state index contributed by atoms with van der Waals surface area (Å²) in [6.45, 7) is 5.77. The summed E-state index contributed by atoms with van der Waals surface area (Å²) < 4.78 is 0. The first kappa shape index (κ1) is 10.0. The lowest BCUT2D eigenvalue weighted by Crippen LogP contribution is -2.08. The van der Waals surface area contributed by atoms with Crippen LogP contribution in [0.4, 0.5) is 0 Å². The molecule has 1 aromatic carbocycles. The molecular formula is C12H16O. The van der Waals surface area contributed by atoms with Crippen LogP contribution in [0.25, 0.3) is 0 Å². The number of aliphatic hydroxyl groups excluding tert-OH is 1. The smallest absolute Gasteiger partial charge is 0.0852 e. The van der Waals surface area contributed by atoms with Crippen molar-refractivity contribution in [1.29, 1.82) is 0 Å². The van der Waals surface area contributed by atoms with Crippen molar-refractivity contribution >= 4 is 0 Å². The van der Waals surface area contributed by atoms with Crippen LogP contribution in [0.3, 0.4) is 0 Å². The molecule has 0 radical (unpaired) electrons. The Labute approximate surface area is 79.7 Å². The summed E-state index contributed by atoms with van der Waals surface area (Å²) in [6.07, 6.45) is 2.32. The average Bonchev–Trinajstić information content (AvgIpc) is 2.21. The average molecular weight is 176 g/mol. The first-order chi connectivity index (χ1) is 6.29. The highest BCUT2D eigenvalue weighted by atomic mass is 16.3. The minimum Gasteiger partial charge on any atom is -0.388 e. The van der Waals surface area contributed by atoms with Gasteiger partial charge in [-0.2, -0.15) is 0 Å². The Morgan fingerprint density at radius 2 is 2.00 bits per heavy atom. The van der Waals surface area contributed by atoms with E-state index in [0.29, 0.717) is 0 Å². The van der Waals surface area contributed by atoms with Crippen LogP contribution in [0.15, 0.2) is 43.0 Å². The van der Waals surface area contributed by atoms with E-state index in [1.165, 1.54) is 0 Å². The fraction of sp³-hybridized carbons (Fsp3) is 0.333. The lowest BCUT2D eigenvalue weighted by Gasteiger charge is -2.17. The molecule has 0 saturated carbocycles. The molecule has 0 fully saturated rings. The Morgan fingerprint density at radius 1 is 1.38 bits per heavy atom. The van der Waals surface area contributed by atoms with Gasteiger partial charge in [-0.05, 0) is 12.0 Å². The van der Waals surface area contributed by atoms with E-state index in [1.807, 2.05) is 36.4 Å². The number of aliphatic hydroxyl groups is 1. The molecule has 13 heavy (non-hydrogen) atoms. The van der Waals surface area contributed by atoms with Gasteiger partial charge in [0.05, 0.1) is 6.10 Å². The van der Waals surface area contributed by atoms with E-state index in [1.54, 1.807) is 0 Å². The number of hydrogen-bond donors (Lipinski definition) is 1. The summed E-state index contributed by atoms with van der Waals surface area (Å²) >= 11 is 0. The van der Waals surface area contributed by atoms with E-state index in [2.05, 4.69) is 13.5 Å². The van der Waals surface area contributed by atoms with Crippen LogP contribution < -0.4 is 0 Å². The van der Waals surface area contributed by atoms with Crippen LogP contribution in [-0.4, -0.2) is 5.11 Å². The van der Waals surface area contributed by atoms with Gasteiger partial charge in [-0.3, -0.25) is 0 Å². The van der Waals surface area contributed by atoms with Crippen molar-refractivity contribution < 1.29 is 5.11 Å². The quantitative estimate of drug-likeness (QED) is 0.699. The summed E-state index contributed by atoms with van der Waals surface area (Å²) in [7, 11) is 0. The molecule has 1 heteroatoms. The highest BCUT2D eigenvalue weighted by Crippen LogP contribution is 2.24. The van der Waals surface area contributed by atoms with Crippen LogP contribution in [-0.2, 0) is 0 Å².